The zero-order valence-electron chi connectivity index (χ0n) is 17.7. The van der Waals surface area contributed by atoms with E-state index in [9.17, 15) is 15.0 Å². The lowest BCUT2D eigenvalue weighted by molar-refractivity contribution is -0.215. The summed E-state index contributed by atoms with van der Waals surface area (Å²) >= 11 is 0. The Balaban J connectivity index is 1.80. The number of ketones is 1. The van der Waals surface area contributed by atoms with Gasteiger partial charge in [0.15, 0.2) is 11.6 Å². The van der Waals surface area contributed by atoms with Crippen LogP contribution in [0.5, 0.6) is 0 Å². The molecule has 8 atom stereocenters. The molecule has 5 nitrogen and oxygen atoms in total. The van der Waals surface area contributed by atoms with Crippen molar-refractivity contribution < 1.29 is 24.5 Å². The van der Waals surface area contributed by atoms with Crippen LogP contribution in [0.1, 0.15) is 48.0 Å². The van der Waals surface area contributed by atoms with Gasteiger partial charge in [-0.25, -0.2) is 0 Å². The zero-order valence-corrected chi connectivity index (χ0v) is 17.7. The number of rotatable bonds is 1. The van der Waals surface area contributed by atoms with Gasteiger partial charge >= 0.3 is 0 Å². The van der Waals surface area contributed by atoms with E-state index in [1.807, 2.05) is 32.9 Å². The number of hydrogen-bond donors (Lipinski definition) is 2. The van der Waals surface area contributed by atoms with Gasteiger partial charge in [0.25, 0.3) is 0 Å². The molecule has 1 aliphatic heterocycles. The largest absolute Gasteiger partial charge is 0.392 e. The van der Waals surface area contributed by atoms with Crippen molar-refractivity contribution in [3.05, 3.63) is 23.3 Å². The lowest BCUT2D eigenvalue weighted by Crippen LogP contribution is -2.64. The summed E-state index contributed by atoms with van der Waals surface area (Å²) in [5.74, 6) is -0.378. The summed E-state index contributed by atoms with van der Waals surface area (Å²) < 4.78 is 12.8. The summed E-state index contributed by atoms with van der Waals surface area (Å²) in [6.45, 7) is 12.0. The molecule has 2 saturated carbocycles. The lowest BCUT2D eigenvalue weighted by Gasteiger charge is -2.49. The van der Waals surface area contributed by atoms with E-state index < -0.39 is 29.0 Å². The highest BCUT2D eigenvalue weighted by Crippen LogP contribution is 2.73. The fourth-order valence-electron chi connectivity index (χ4n) is 7.47. The summed E-state index contributed by atoms with van der Waals surface area (Å²) in [6.07, 6.45) is 3.24. The fourth-order valence-corrected chi connectivity index (χ4v) is 7.47. The van der Waals surface area contributed by atoms with Crippen LogP contribution in [0, 0.1) is 34.5 Å². The molecule has 0 radical (unpaired) electrons. The second-order valence-electron chi connectivity index (χ2n) is 10.8. The molecule has 5 heteroatoms. The number of allylic oxidation sites excluding steroid dienone is 1. The van der Waals surface area contributed by atoms with Gasteiger partial charge in [0.05, 0.1) is 12.0 Å². The van der Waals surface area contributed by atoms with Crippen molar-refractivity contribution in [1.82, 2.24) is 0 Å². The second kappa shape index (κ2) is 5.18. The lowest BCUT2D eigenvalue weighted by atomic mass is 9.59. The average molecular weight is 389 g/mol. The SMILES string of the molecule is CC1=C[C@@]23C(=O)[C@@H](C=C(CO)[C@@H](O)[C@]24OC(C)(C)O[C@@H]14)[C@H]1[C@H](C[C@@H]3C)C1(C)C. The van der Waals surface area contributed by atoms with Crippen LogP contribution < -0.4 is 0 Å². The van der Waals surface area contributed by atoms with Crippen LogP contribution >= 0.6 is 0 Å². The first-order valence-electron chi connectivity index (χ1n) is 10.5. The monoisotopic (exact) mass is 388 g/mol. The van der Waals surface area contributed by atoms with Crippen LogP contribution in [0.15, 0.2) is 23.3 Å². The van der Waals surface area contributed by atoms with Gasteiger partial charge in [0.1, 0.15) is 17.8 Å². The normalized spacial score (nSPS) is 52.6. The minimum atomic E-state index is -1.22. The molecule has 5 aliphatic rings. The predicted octanol–water partition coefficient (Wildman–Crippen LogP) is 2.61. The Labute approximate surface area is 166 Å². The van der Waals surface area contributed by atoms with Crippen molar-refractivity contribution >= 4 is 5.78 Å². The summed E-state index contributed by atoms with van der Waals surface area (Å²) in [4.78, 5) is 14.3. The molecule has 2 spiro atoms. The minimum Gasteiger partial charge on any atom is -0.392 e. The maximum absolute atomic E-state index is 14.3. The number of Topliss-reactive ketones (excluding diaryl/α,β-unsaturated/α-hetero) is 1. The number of carbonyl (C=O) groups is 1. The Kier molecular flexibility index (Phi) is 3.51. The van der Waals surface area contributed by atoms with Gasteiger partial charge in [0.2, 0.25) is 0 Å². The molecule has 5 rings (SSSR count). The molecule has 0 aromatic heterocycles. The average Bonchev–Trinajstić information content (AvgIpc) is 2.92. The zero-order chi connectivity index (χ0) is 20.4. The molecule has 154 valence electrons. The maximum atomic E-state index is 14.3. The Morgan fingerprint density at radius 2 is 1.93 bits per heavy atom. The Morgan fingerprint density at radius 1 is 1.25 bits per heavy atom. The standard InChI is InChI=1S/C23H32O5/c1-11-9-22-12(2)7-15-16(20(15,3)4)14(18(22)26)8-13(10-24)17(25)23(22)19(11)27-21(5,6)28-23/h8-9,12,14-17,19,24-25H,7,10H2,1-6H3/t12-,14-,15-,16-,17+,19-,22+,23+/m0/s1. The van der Waals surface area contributed by atoms with Gasteiger partial charge in [-0.05, 0) is 61.5 Å². The molecule has 1 heterocycles. The third-order valence-electron chi connectivity index (χ3n) is 8.68. The molecule has 28 heavy (non-hydrogen) atoms. The van der Waals surface area contributed by atoms with Gasteiger partial charge in [0, 0.05) is 5.92 Å². The first kappa shape index (κ1) is 19.0. The molecule has 0 aromatic carbocycles. The third kappa shape index (κ3) is 1.86. The summed E-state index contributed by atoms with van der Waals surface area (Å²) in [6, 6.07) is 0. The first-order valence-corrected chi connectivity index (χ1v) is 10.5. The highest BCUT2D eigenvalue weighted by molar-refractivity contribution is 5.95. The highest BCUT2D eigenvalue weighted by Gasteiger charge is 2.79. The second-order valence-corrected chi connectivity index (χ2v) is 10.8. The van der Waals surface area contributed by atoms with Gasteiger partial charge in [-0.1, -0.05) is 32.9 Å². The van der Waals surface area contributed by atoms with Crippen molar-refractivity contribution in [2.24, 2.45) is 34.5 Å². The number of ether oxygens (including phenoxy) is 2. The first-order chi connectivity index (χ1) is 12.9. The summed E-state index contributed by atoms with van der Waals surface area (Å²) in [7, 11) is 0. The number of fused-ring (bicyclic) bond motifs is 3. The molecule has 1 saturated heterocycles. The Bertz CT molecular complexity index is 823. The molecule has 0 aromatic rings. The van der Waals surface area contributed by atoms with Crippen molar-refractivity contribution in [1.29, 1.82) is 0 Å². The number of carbonyl (C=O) groups excluding carboxylic acids is 1. The van der Waals surface area contributed by atoms with E-state index in [4.69, 9.17) is 9.47 Å². The van der Waals surface area contributed by atoms with Crippen LogP contribution in [-0.2, 0) is 14.3 Å². The molecule has 4 aliphatic carbocycles. The van der Waals surface area contributed by atoms with E-state index >= 15 is 0 Å². The topological polar surface area (TPSA) is 76.0 Å². The van der Waals surface area contributed by atoms with Gasteiger partial charge < -0.3 is 19.7 Å². The Morgan fingerprint density at radius 3 is 2.57 bits per heavy atom. The van der Waals surface area contributed by atoms with Crippen LogP contribution in [-0.4, -0.2) is 46.2 Å². The molecule has 2 bridgehead atoms. The molecule has 3 fully saturated rings. The third-order valence-corrected chi connectivity index (χ3v) is 8.68. The highest BCUT2D eigenvalue weighted by atomic mass is 16.8. The van der Waals surface area contributed by atoms with E-state index in [2.05, 4.69) is 20.8 Å². The maximum Gasteiger partial charge on any atom is 0.164 e. The fraction of sp³-hybridized carbons (Fsp3) is 0.783. The minimum absolute atomic E-state index is 0.0119. The molecular weight excluding hydrogens is 356 g/mol. The van der Waals surface area contributed by atoms with Crippen LogP contribution in [0.4, 0.5) is 0 Å². The Hall–Kier alpha value is -1.01. The van der Waals surface area contributed by atoms with Crippen LogP contribution in [0.2, 0.25) is 0 Å². The molecule has 2 N–H and O–H groups in total. The quantitative estimate of drug-likeness (QED) is 0.676. The van der Waals surface area contributed by atoms with Gasteiger partial charge in [-0.2, -0.15) is 0 Å². The predicted molar refractivity (Wildman–Crippen MR) is 103 cm³/mol. The van der Waals surface area contributed by atoms with Gasteiger partial charge in [-0.15, -0.1) is 0 Å². The molecule has 0 unspecified atom stereocenters. The number of hydrogen-bond acceptors (Lipinski definition) is 5. The van der Waals surface area contributed by atoms with E-state index in [1.54, 1.807) is 0 Å². The number of aliphatic hydroxyl groups is 2. The van der Waals surface area contributed by atoms with Gasteiger partial charge in [-0.3, -0.25) is 4.79 Å². The van der Waals surface area contributed by atoms with E-state index in [0.717, 1.165) is 12.0 Å². The van der Waals surface area contributed by atoms with Crippen LogP contribution in [0.25, 0.3) is 0 Å². The van der Waals surface area contributed by atoms with Crippen LogP contribution in [0.3, 0.4) is 0 Å². The smallest absolute Gasteiger partial charge is 0.164 e. The molecule has 0 amide bonds. The van der Waals surface area contributed by atoms with E-state index in [0.29, 0.717) is 11.5 Å². The van der Waals surface area contributed by atoms with Crippen molar-refractivity contribution in [2.75, 3.05) is 6.61 Å². The summed E-state index contributed by atoms with van der Waals surface area (Å²) in [5.41, 5.74) is -0.640. The van der Waals surface area contributed by atoms with Crippen molar-refractivity contribution in [2.45, 2.75) is 71.6 Å². The van der Waals surface area contributed by atoms with Crippen molar-refractivity contribution in [3.8, 4) is 0 Å². The van der Waals surface area contributed by atoms with E-state index in [1.165, 1.54) is 0 Å². The van der Waals surface area contributed by atoms with E-state index in [-0.39, 0.29) is 35.6 Å². The number of aliphatic hydroxyl groups excluding tert-OH is 2. The summed E-state index contributed by atoms with van der Waals surface area (Å²) in [5, 5.41) is 21.7. The van der Waals surface area contributed by atoms with Crippen molar-refractivity contribution in [3.63, 3.8) is 0 Å². The molecular formula is C23H32O5.